The number of carbonyl (C=O) groups is 1. The summed E-state index contributed by atoms with van der Waals surface area (Å²) in [6, 6.07) is 0. The van der Waals surface area contributed by atoms with E-state index >= 15 is 0 Å². The zero-order valence-corrected chi connectivity index (χ0v) is 14.0. The van der Waals surface area contributed by atoms with Crippen molar-refractivity contribution < 1.29 is 9.90 Å². The van der Waals surface area contributed by atoms with Gasteiger partial charge in [-0.3, -0.25) is 4.79 Å². The molecule has 4 rings (SSSR count). The van der Waals surface area contributed by atoms with Crippen molar-refractivity contribution in [3.63, 3.8) is 0 Å². The van der Waals surface area contributed by atoms with Crippen LogP contribution in [0.5, 0.6) is 0 Å². The van der Waals surface area contributed by atoms with Crippen LogP contribution in [0.25, 0.3) is 0 Å². The summed E-state index contributed by atoms with van der Waals surface area (Å²) in [7, 11) is 0. The Kier molecular flexibility index (Phi) is 3.05. The van der Waals surface area contributed by atoms with Gasteiger partial charge in [-0.15, -0.1) is 0 Å². The number of ketones is 1. The average Bonchev–Trinajstić information content (AvgIpc) is 2.77. The monoisotopic (exact) mass is 300 g/mol. The third kappa shape index (κ3) is 1.73. The maximum Gasteiger partial charge on any atom is 0.139 e. The number of rotatable bonds is 0. The van der Waals surface area contributed by atoms with E-state index in [1.807, 2.05) is 6.08 Å². The Hall–Kier alpha value is -0.890. The predicted octanol–water partition coefficient (Wildman–Crippen LogP) is 3.90. The van der Waals surface area contributed by atoms with E-state index in [0.717, 1.165) is 32.1 Å². The van der Waals surface area contributed by atoms with E-state index in [4.69, 9.17) is 0 Å². The minimum atomic E-state index is -0.409. The predicted molar refractivity (Wildman–Crippen MR) is 87.2 cm³/mol. The Morgan fingerprint density at radius 3 is 2.77 bits per heavy atom. The maximum atomic E-state index is 12.5. The molecule has 3 fully saturated rings. The van der Waals surface area contributed by atoms with E-state index in [1.165, 1.54) is 5.57 Å². The smallest absolute Gasteiger partial charge is 0.139 e. The first kappa shape index (κ1) is 14.7. The lowest BCUT2D eigenvalue weighted by molar-refractivity contribution is -0.133. The van der Waals surface area contributed by atoms with Crippen molar-refractivity contribution in [2.75, 3.05) is 0 Å². The molecule has 0 aliphatic heterocycles. The fourth-order valence-corrected chi connectivity index (χ4v) is 6.44. The number of aliphatic hydroxyl groups excluding tert-OH is 1. The van der Waals surface area contributed by atoms with Crippen LogP contribution in [0.15, 0.2) is 23.8 Å². The van der Waals surface area contributed by atoms with Crippen molar-refractivity contribution in [2.24, 2.45) is 34.5 Å². The highest BCUT2D eigenvalue weighted by Gasteiger charge is 2.60. The molecule has 0 bridgehead atoms. The van der Waals surface area contributed by atoms with E-state index in [9.17, 15) is 9.90 Å². The minimum absolute atomic E-state index is 0.0507. The highest BCUT2D eigenvalue weighted by Crippen LogP contribution is 2.64. The topological polar surface area (TPSA) is 37.3 Å². The SMILES string of the molecule is CC1CC2=CC(O)C=C[C@]2(C)[C@@H]2CC[C@]3(C)C(=O)CC[C@H]3[C@H]12. The van der Waals surface area contributed by atoms with Crippen LogP contribution in [0.1, 0.15) is 52.9 Å². The standard InChI is InChI=1S/C20H28O2/c1-12-10-13-11-14(21)6-8-19(13,2)16-7-9-20(3)15(18(12)16)4-5-17(20)22/h6,8,11-12,14-16,18,21H,4-5,7,9-10H2,1-3H3/t12?,14?,15-,16+,18-,19-,20-/m0/s1. The Morgan fingerprint density at radius 1 is 1.23 bits per heavy atom. The summed E-state index contributed by atoms with van der Waals surface area (Å²) in [6.45, 7) is 6.98. The van der Waals surface area contributed by atoms with Crippen molar-refractivity contribution in [1.82, 2.24) is 0 Å². The third-order valence-electron chi connectivity index (χ3n) is 7.71. The molecule has 4 aliphatic carbocycles. The summed E-state index contributed by atoms with van der Waals surface area (Å²) < 4.78 is 0. The summed E-state index contributed by atoms with van der Waals surface area (Å²) in [5.41, 5.74) is 1.48. The Morgan fingerprint density at radius 2 is 2.00 bits per heavy atom. The third-order valence-corrected chi connectivity index (χ3v) is 7.71. The molecule has 7 atom stereocenters. The molecule has 2 heteroatoms. The molecule has 2 unspecified atom stereocenters. The van der Waals surface area contributed by atoms with Crippen molar-refractivity contribution >= 4 is 5.78 Å². The molecule has 3 saturated carbocycles. The van der Waals surface area contributed by atoms with Gasteiger partial charge < -0.3 is 5.11 Å². The maximum absolute atomic E-state index is 12.5. The highest BCUT2D eigenvalue weighted by molar-refractivity contribution is 5.87. The highest BCUT2D eigenvalue weighted by atomic mass is 16.3. The second kappa shape index (κ2) is 4.56. The second-order valence-corrected chi connectivity index (χ2v) is 8.71. The number of aliphatic hydroxyl groups is 1. The Bertz CT molecular complexity index is 574. The molecule has 0 saturated heterocycles. The van der Waals surface area contributed by atoms with Crippen LogP contribution in [0.3, 0.4) is 0 Å². The van der Waals surface area contributed by atoms with Gasteiger partial charge in [0.05, 0.1) is 6.10 Å². The summed E-state index contributed by atoms with van der Waals surface area (Å²) in [6.07, 6.45) is 11.1. The minimum Gasteiger partial charge on any atom is -0.385 e. The molecule has 0 aromatic carbocycles. The lowest BCUT2D eigenvalue weighted by Crippen LogP contribution is -2.52. The fourth-order valence-electron chi connectivity index (χ4n) is 6.44. The van der Waals surface area contributed by atoms with Crippen LogP contribution in [-0.2, 0) is 4.79 Å². The van der Waals surface area contributed by atoms with Gasteiger partial charge in [0, 0.05) is 17.3 Å². The fraction of sp³-hybridized carbons (Fsp3) is 0.750. The van der Waals surface area contributed by atoms with Crippen LogP contribution in [0.2, 0.25) is 0 Å². The Balaban J connectivity index is 1.75. The molecular weight excluding hydrogens is 272 g/mol. The normalized spacial score (nSPS) is 53.5. The second-order valence-electron chi connectivity index (χ2n) is 8.71. The number of Topliss-reactive ketones (excluding diaryl/α,β-unsaturated/α-hetero) is 1. The first-order chi connectivity index (χ1) is 10.4. The zero-order chi connectivity index (χ0) is 15.7. The van der Waals surface area contributed by atoms with E-state index in [2.05, 4.69) is 32.9 Å². The quantitative estimate of drug-likeness (QED) is 0.689. The van der Waals surface area contributed by atoms with Gasteiger partial charge >= 0.3 is 0 Å². The molecule has 0 amide bonds. The molecular formula is C20H28O2. The summed E-state index contributed by atoms with van der Waals surface area (Å²) in [5, 5.41) is 9.96. The van der Waals surface area contributed by atoms with Crippen molar-refractivity contribution in [2.45, 2.75) is 59.0 Å². The zero-order valence-electron chi connectivity index (χ0n) is 14.0. The van der Waals surface area contributed by atoms with E-state index in [1.54, 1.807) is 0 Å². The van der Waals surface area contributed by atoms with Gasteiger partial charge in [0.1, 0.15) is 5.78 Å². The van der Waals surface area contributed by atoms with Crippen molar-refractivity contribution in [3.05, 3.63) is 23.8 Å². The van der Waals surface area contributed by atoms with E-state index in [0.29, 0.717) is 29.5 Å². The van der Waals surface area contributed by atoms with Crippen LogP contribution >= 0.6 is 0 Å². The molecule has 0 spiro atoms. The van der Waals surface area contributed by atoms with Gasteiger partial charge in [-0.2, -0.15) is 0 Å². The Labute approximate surface area is 133 Å². The van der Waals surface area contributed by atoms with Gasteiger partial charge in [0.2, 0.25) is 0 Å². The lowest BCUT2D eigenvalue weighted by atomic mass is 9.46. The number of carbonyl (C=O) groups excluding carboxylic acids is 1. The number of hydrogen-bond acceptors (Lipinski definition) is 2. The first-order valence-corrected chi connectivity index (χ1v) is 8.98. The molecule has 120 valence electrons. The van der Waals surface area contributed by atoms with Gasteiger partial charge in [0.15, 0.2) is 0 Å². The largest absolute Gasteiger partial charge is 0.385 e. The number of hydrogen-bond donors (Lipinski definition) is 1. The molecule has 0 aromatic heterocycles. The van der Waals surface area contributed by atoms with Crippen molar-refractivity contribution in [3.8, 4) is 0 Å². The molecule has 0 heterocycles. The number of fused-ring (bicyclic) bond motifs is 5. The molecule has 0 aromatic rings. The molecule has 0 radical (unpaired) electrons. The molecule has 22 heavy (non-hydrogen) atoms. The number of allylic oxidation sites excluding steroid dienone is 2. The molecule has 2 nitrogen and oxygen atoms in total. The summed E-state index contributed by atoms with van der Waals surface area (Å²) in [4.78, 5) is 12.5. The van der Waals surface area contributed by atoms with Gasteiger partial charge in [-0.1, -0.05) is 44.6 Å². The van der Waals surface area contributed by atoms with Crippen molar-refractivity contribution in [1.29, 1.82) is 0 Å². The summed E-state index contributed by atoms with van der Waals surface area (Å²) >= 11 is 0. The summed E-state index contributed by atoms with van der Waals surface area (Å²) in [5.74, 6) is 3.01. The van der Waals surface area contributed by atoms with Gasteiger partial charge in [-0.25, -0.2) is 0 Å². The first-order valence-electron chi connectivity index (χ1n) is 8.98. The van der Waals surface area contributed by atoms with E-state index in [-0.39, 0.29) is 10.8 Å². The van der Waals surface area contributed by atoms with Crippen LogP contribution in [-0.4, -0.2) is 17.0 Å². The van der Waals surface area contributed by atoms with E-state index < -0.39 is 6.10 Å². The van der Waals surface area contributed by atoms with Gasteiger partial charge in [-0.05, 0) is 49.4 Å². The molecule has 4 aliphatic rings. The van der Waals surface area contributed by atoms with Crippen LogP contribution in [0, 0.1) is 34.5 Å². The lowest BCUT2D eigenvalue weighted by Gasteiger charge is -2.58. The van der Waals surface area contributed by atoms with Gasteiger partial charge in [0.25, 0.3) is 0 Å². The van der Waals surface area contributed by atoms with Crippen LogP contribution < -0.4 is 0 Å². The molecule has 1 N–H and O–H groups in total. The van der Waals surface area contributed by atoms with Crippen LogP contribution in [0.4, 0.5) is 0 Å². The average molecular weight is 300 g/mol.